The maximum absolute atomic E-state index is 11.2. The molecule has 0 fully saturated rings. The van der Waals surface area contributed by atoms with Gasteiger partial charge in [0.25, 0.3) is 5.56 Å². The summed E-state index contributed by atoms with van der Waals surface area (Å²) in [4.78, 5) is 21.9. The van der Waals surface area contributed by atoms with Crippen LogP contribution in [0.5, 0.6) is 0 Å². The van der Waals surface area contributed by atoms with E-state index < -0.39 is 0 Å². The monoisotopic (exact) mass is 164 g/mol. The van der Waals surface area contributed by atoms with Crippen molar-refractivity contribution in [2.45, 2.75) is 6.42 Å². The molecule has 0 saturated heterocycles. The lowest BCUT2D eigenvalue weighted by molar-refractivity contribution is 1.06. The molecule has 0 atom stereocenters. The van der Waals surface area contributed by atoms with E-state index in [2.05, 4.69) is 20.3 Å². The third-order valence-corrected chi connectivity index (χ3v) is 1.71. The number of aliphatic imine (C=N–C) groups is 1. The second kappa shape index (κ2) is 2.44. The second-order valence-corrected chi connectivity index (χ2v) is 2.48. The highest BCUT2D eigenvalue weighted by molar-refractivity contribution is 5.74. The predicted molar refractivity (Wildman–Crippen MR) is 46.3 cm³/mol. The van der Waals surface area contributed by atoms with E-state index in [9.17, 15) is 4.79 Å². The van der Waals surface area contributed by atoms with E-state index in [1.54, 1.807) is 13.3 Å². The third kappa shape index (κ3) is 0.903. The molecule has 5 heteroatoms. The Bertz CT molecular complexity index is 393. The van der Waals surface area contributed by atoms with Crippen molar-refractivity contribution in [3.05, 3.63) is 16.0 Å². The summed E-state index contributed by atoms with van der Waals surface area (Å²) >= 11 is 0. The zero-order valence-corrected chi connectivity index (χ0v) is 6.59. The van der Waals surface area contributed by atoms with Crippen molar-refractivity contribution in [3.63, 3.8) is 0 Å². The van der Waals surface area contributed by atoms with Crippen LogP contribution in [-0.4, -0.2) is 23.2 Å². The highest BCUT2D eigenvalue weighted by Gasteiger charge is 2.12. The Hall–Kier alpha value is -1.65. The fraction of sp³-hybridized carbons (Fsp3) is 0.286. The van der Waals surface area contributed by atoms with Gasteiger partial charge in [-0.15, -0.1) is 0 Å². The Labute approximate surface area is 68.6 Å². The first-order valence-electron chi connectivity index (χ1n) is 3.64. The Morgan fingerprint density at radius 3 is 3.25 bits per heavy atom. The van der Waals surface area contributed by atoms with E-state index in [0.29, 0.717) is 18.1 Å². The lowest BCUT2D eigenvalue weighted by Gasteiger charge is -2.00. The number of aromatic nitrogens is 2. The third-order valence-electron chi connectivity index (χ3n) is 1.71. The summed E-state index contributed by atoms with van der Waals surface area (Å²) in [5.41, 5.74) is 0.996. The Balaban J connectivity index is 2.64. The SMILES string of the molecule is CNc1nc2c(c(=O)[nH]1)N=CC2. The molecule has 0 radical (unpaired) electrons. The van der Waals surface area contributed by atoms with Crippen molar-refractivity contribution in [3.8, 4) is 0 Å². The molecule has 2 heterocycles. The molecule has 1 aliphatic rings. The van der Waals surface area contributed by atoms with Crippen LogP contribution in [0.3, 0.4) is 0 Å². The van der Waals surface area contributed by atoms with E-state index in [-0.39, 0.29) is 5.56 Å². The normalized spacial score (nSPS) is 13.1. The minimum Gasteiger partial charge on any atom is -0.359 e. The molecule has 0 amide bonds. The van der Waals surface area contributed by atoms with E-state index in [0.717, 1.165) is 5.69 Å². The molecule has 12 heavy (non-hydrogen) atoms. The molecular formula is C7H8N4O. The molecular weight excluding hydrogens is 156 g/mol. The van der Waals surface area contributed by atoms with Crippen LogP contribution in [0.25, 0.3) is 0 Å². The number of fused-ring (bicyclic) bond motifs is 1. The molecule has 1 aromatic heterocycles. The van der Waals surface area contributed by atoms with Gasteiger partial charge in [-0.25, -0.2) is 4.98 Å². The minimum atomic E-state index is -0.182. The quantitative estimate of drug-likeness (QED) is 0.617. The fourth-order valence-electron chi connectivity index (χ4n) is 1.13. The number of rotatable bonds is 1. The van der Waals surface area contributed by atoms with Gasteiger partial charge in [-0.3, -0.25) is 14.8 Å². The number of nitrogens with zero attached hydrogens (tertiary/aromatic N) is 2. The number of anilines is 1. The van der Waals surface area contributed by atoms with Gasteiger partial charge in [0.05, 0.1) is 5.69 Å². The summed E-state index contributed by atoms with van der Waals surface area (Å²) in [5, 5.41) is 2.78. The van der Waals surface area contributed by atoms with Crippen LogP contribution in [0.4, 0.5) is 11.6 Å². The molecule has 0 unspecified atom stereocenters. The molecule has 2 N–H and O–H groups in total. The van der Waals surface area contributed by atoms with Crippen LogP contribution in [0.15, 0.2) is 9.79 Å². The Kier molecular flexibility index (Phi) is 1.43. The van der Waals surface area contributed by atoms with Crippen molar-refractivity contribution in [2.24, 2.45) is 4.99 Å². The smallest absolute Gasteiger partial charge is 0.278 e. The number of H-pyrrole nitrogens is 1. The molecule has 0 spiro atoms. The first-order chi connectivity index (χ1) is 5.81. The number of hydrogen-bond acceptors (Lipinski definition) is 4. The molecule has 0 aromatic carbocycles. The molecule has 2 rings (SSSR count). The Morgan fingerprint density at radius 2 is 2.50 bits per heavy atom. The van der Waals surface area contributed by atoms with Gasteiger partial charge in [-0.1, -0.05) is 0 Å². The average Bonchev–Trinajstić information content (AvgIpc) is 2.52. The summed E-state index contributed by atoms with van der Waals surface area (Å²) in [6, 6.07) is 0. The van der Waals surface area contributed by atoms with Gasteiger partial charge >= 0.3 is 0 Å². The predicted octanol–water partition coefficient (Wildman–Crippen LogP) is 0.0700. The van der Waals surface area contributed by atoms with Gasteiger partial charge in [0.1, 0.15) is 5.69 Å². The van der Waals surface area contributed by atoms with Crippen LogP contribution in [0.2, 0.25) is 0 Å². The second-order valence-electron chi connectivity index (χ2n) is 2.48. The molecule has 5 nitrogen and oxygen atoms in total. The summed E-state index contributed by atoms with van der Waals surface area (Å²) < 4.78 is 0. The van der Waals surface area contributed by atoms with E-state index in [1.165, 1.54) is 0 Å². The highest BCUT2D eigenvalue weighted by Crippen LogP contribution is 2.16. The van der Waals surface area contributed by atoms with Crippen molar-refractivity contribution in [1.82, 2.24) is 9.97 Å². The largest absolute Gasteiger partial charge is 0.359 e. The van der Waals surface area contributed by atoms with Gasteiger partial charge in [-0.2, -0.15) is 0 Å². The zero-order valence-electron chi connectivity index (χ0n) is 6.59. The van der Waals surface area contributed by atoms with Crippen molar-refractivity contribution in [1.29, 1.82) is 0 Å². The lowest BCUT2D eigenvalue weighted by atomic mass is 10.3. The summed E-state index contributed by atoms with van der Waals surface area (Å²) in [5.74, 6) is 0.490. The first kappa shape index (κ1) is 7.02. The number of hydrogen-bond donors (Lipinski definition) is 2. The van der Waals surface area contributed by atoms with Crippen LogP contribution in [0, 0.1) is 0 Å². The number of aromatic amines is 1. The topological polar surface area (TPSA) is 70.1 Å². The van der Waals surface area contributed by atoms with E-state index in [1.807, 2.05) is 0 Å². The standard InChI is InChI=1S/C7H8N4O/c1-8-7-10-4-2-3-9-5(4)6(12)11-7/h3H,2H2,1H3,(H2,8,10,11,12). The zero-order chi connectivity index (χ0) is 8.55. The first-order valence-corrected chi connectivity index (χ1v) is 3.64. The van der Waals surface area contributed by atoms with Crippen LogP contribution in [-0.2, 0) is 6.42 Å². The molecule has 0 bridgehead atoms. The summed E-state index contributed by atoms with van der Waals surface area (Å²) in [6.45, 7) is 0. The molecule has 0 aliphatic carbocycles. The van der Waals surface area contributed by atoms with E-state index >= 15 is 0 Å². The minimum absolute atomic E-state index is 0.182. The van der Waals surface area contributed by atoms with Gasteiger partial charge in [0.15, 0.2) is 0 Å². The van der Waals surface area contributed by atoms with Gasteiger partial charge < -0.3 is 5.32 Å². The van der Waals surface area contributed by atoms with Crippen molar-refractivity contribution in [2.75, 3.05) is 12.4 Å². The summed E-state index contributed by atoms with van der Waals surface area (Å²) in [6.07, 6.45) is 2.33. The maximum atomic E-state index is 11.2. The Morgan fingerprint density at radius 1 is 1.67 bits per heavy atom. The van der Waals surface area contributed by atoms with Crippen LogP contribution in [0.1, 0.15) is 5.69 Å². The maximum Gasteiger partial charge on any atom is 0.278 e. The van der Waals surface area contributed by atoms with Crippen molar-refractivity contribution < 1.29 is 0 Å². The molecule has 62 valence electrons. The van der Waals surface area contributed by atoms with Crippen LogP contribution >= 0.6 is 0 Å². The van der Waals surface area contributed by atoms with Gasteiger partial charge in [0.2, 0.25) is 5.95 Å². The number of nitrogens with one attached hydrogen (secondary N) is 2. The summed E-state index contributed by atoms with van der Waals surface area (Å²) in [7, 11) is 1.71. The van der Waals surface area contributed by atoms with Crippen LogP contribution < -0.4 is 10.9 Å². The fourth-order valence-corrected chi connectivity index (χ4v) is 1.13. The van der Waals surface area contributed by atoms with Gasteiger partial charge in [-0.05, 0) is 0 Å². The molecule has 0 saturated carbocycles. The van der Waals surface area contributed by atoms with Gasteiger partial charge in [0, 0.05) is 19.7 Å². The molecule has 1 aromatic rings. The average molecular weight is 164 g/mol. The van der Waals surface area contributed by atoms with Crippen molar-refractivity contribution >= 4 is 17.9 Å². The lowest BCUT2D eigenvalue weighted by Crippen LogP contribution is -2.11. The van der Waals surface area contributed by atoms with E-state index in [4.69, 9.17) is 0 Å². The molecule has 1 aliphatic heterocycles. The highest BCUT2D eigenvalue weighted by atomic mass is 16.1.